The van der Waals surface area contributed by atoms with Crippen molar-refractivity contribution in [2.75, 3.05) is 7.11 Å². The van der Waals surface area contributed by atoms with E-state index in [-0.39, 0.29) is 23.7 Å². The molecule has 100 valence electrons. The molecule has 2 bridgehead atoms. The first-order valence-corrected chi connectivity index (χ1v) is 7.47. The van der Waals surface area contributed by atoms with Crippen molar-refractivity contribution in [3.63, 3.8) is 0 Å². The molecule has 3 aliphatic carbocycles. The van der Waals surface area contributed by atoms with Crippen LogP contribution in [0.15, 0.2) is 0 Å². The van der Waals surface area contributed by atoms with E-state index in [0.717, 1.165) is 32.1 Å². The number of rotatable bonds is 1. The van der Waals surface area contributed by atoms with E-state index in [2.05, 4.69) is 0 Å². The number of Topliss-reactive ketones (excluding diaryl/α,β-unsaturated/α-hetero) is 1. The molecule has 3 heteroatoms. The van der Waals surface area contributed by atoms with Crippen LogP contribution in [0.25, 0.3) is 0 Å². The van der Waals surface area contributed by atoms with Crippen LogP contribution in [-0.2, 0) is 14.3 Å². The molecule has 3 nitrogen and oxygen atoms in total. The highest BCUT2D eigenvalue weighted by atomic mass is 16.6. The minimum atomic E-state index is 0.100. The highest BCUT2D eigenvalue weighted by Gasteiger charge is 2.65. The normalized spacial score (nSPS) is 54.3. The second-order valence-corrected chi connectivity index (χ2v) is 6.78. The Balaban J connectivity index is 1.68. The summed E-state index contributed by atoms with van der Waals surface area (Å²) >= 11 is 0. The summed E-state index contributed by atoms with van der Waals surface area (Å²) in [4.78, 5) is 12.5. The van der Waals surface area contributed by atoms with Crippen LogP contribution in [0, 0.1) is 17.8 Å². The molecular weight excluding hydrogens is 228 g/mol. The third-order valence-corrected chi connectivity index (χ3v) is 5.90. The number of carbonyl (C=O) groups is 1. The summed E-state index contributed by atoms with van der Waals surface area (Å²) in [7, 11) is 1.80. The summed E-state index contributed by atoms with van der Waals surface area (Å²) in [5.74, 6) is 1.78. The van der Waals surface area contributed by atoms with Gasteiger partial charge in [0.15, 0.2) is 0 Å². The Labute approximate surface area is 108 Å². The first-order chi connectivity index (χ1) is 8.73. The van der Waals surface area contributed by atoms with Gasteiger partial charge in [-0.2, -0.15) is 0 Å². The van der Waals surface area contributed by atoms with Gasteiger partial charge >= 0.3 is 0 Å². The molecule has 0 aromatic heterocycles. The van der Waals surface area contributed by atoms with Crippen molar-refractivity contribution in [3.05, 3.63) is 0 Å². The smallest absolute Gasteiger partial charge is 0.136 e. The molecule has 1 aliphatic heterocycles. The van der Waals surface area contributed by atoms with Crippen molar-refractivity contribution in [1.29, 1.82) is 0 Å². The predicted octanol–water partition coefficient (Wildman–Crippen LogP) is 2.33. The summed E-state index contributed by atoms with van der Waals surface area (Å²) in [5.41, 5.74) is 0.100. The van der Waals surface area contributed by atoms with Gasteiger partial charge in [0, 0.05) is 19.4 Å². The number of ether oxygens (including phenoxy) is 2. The summed E-state index contributed by atoms with van der Waals surface area (Å²) in [5, 5.41) is 0. The van der Waals surface area contributed by atoms with E-state index in [1.165, 1.54) is 12.8 Å². The fraction of sp³-hybridized carbons (Fsp3) is 0.933. The molecule has 0 aromatic rings. The van der Waals surface area contributed by atoms with E-state index in [9.17, 15) is 4.79 Å². The van der Waals surface area contributed by atoms with Crippen LogP contribution >= 0.6 is 0 Å². The van der Waals surface area contributed by atoms with Crippen molar-refractivity contribution in [1.82, 2.24) is 0 Å². The molecule has 0 amide bonds. The third-order valence-electron chi connectivity index (χ3n) is 5.90. The van der Waals surface area contributed by atoms with Crippen LogP contribution < -0.4 is 0 Å². The van der Waals surface area contributed by atoms with Crippen LogP contribution in [0.3, 0.4) is 0 Å². The lowest BCUT2D eigenvalue weighted by atomic mass is 9.82. The highest BCUT2D eigenvalue weighted by molar-refractivity contribution is 5.82. The predicted molar refractivity (Wildman–Crippen MR) is 66.2 cm³/mol. The number of methoxy groups -OCH3 is 1. The van der Waals surface area contributed by atoms with Gasteiger partial charge in [-0.3, -0.25) is 4.79 Å². The van der Waals surface area contributed by atoms with Crippen LogP contribution in [0.2, 0.25) is 0 Å². The molecule has 0 aromatic carbocycles. The standard InChI is InChI=1S/C15H22O3/c1-17-13-11-4-2-3-10(11)12(16)7-9-5-6-15(8-9)14(13)18-15/h9-11,13-14H,2-8H2,1H3/t9-,10-,11-,13+,14-,15+/m1/s1. The van der Waals surface area contributed by atoms with Crippen LogP contribution in [-0.4, -0.2) is 30.7 Å². The van der Waals surface area contributed by atoms with E-state index in [0.29, 0.717) is 17.6 Å². The first kappa shape index (κ1) is 11.4. The maximum absolute atomic E-state index is 12.5. The Bertz CT molecular complexity index is 380. The summed E-state index contributed by atoms with van der Waals surface area (Å²) in [6.45, 7) is 0. The van der Waals surface area contributed by atoms with Crippen LogP contribution in [0.1, 0.15) is 44.9 Å². The van der Waals surface area contributed by atoms with E-state index < -0.39 is 0 Å². The molecule has 0 radical (unpaired) electrons. The Kier molecular flexibility index (Phi) is 2.41. The third kappa shape index (κ3) is 1.47. The van der Waals surface area contributed by atoms with Crippen LogP contribution in [0.5, 0.6) is 0 Å². The molecule has 18 heavy (non-hydrogen) atoms. The summed E-state index contributed by atoms with van der Waals surface area (Å²) < 4.78 is 11.8. The maximum atomic E-state index is 12.5. The van der Waals surface area contributed by atoms with Gasteiger partial charge in [-0.1, -0.05) is 6.42 Å². The molecule has 1 heterocycles. The lowest BCUT2D eigenvalue weighted by Crippen LogP contribution is -2.36. The number of hydrogen-bond acceptors (Lipinski definition) is 3. The molecule has 4 rings (SSSR count). The topological polar surface area (TPSA) is 38.8 Å². The minimum absolute atomic E-state index is 0.100. The SMILES string of the molecule is CO[C@H]1[C@@H]2CCC[C@H]2C(=O)C[C@H]2CC[C@@]3(C2)O[C@H]13. The molecule has 1 saturated heterocycles. The van der Waals surface area contributed by atoms with E-state index in [1.807, 2.05) is 0 Å². The van der Waals surface area contributed by atoms with Gasteiger partial charge < -0.3 is 9.47 Å². The van der Waals surface area contributed by atoms with Gasteiger partial charge in [0.05, 0.1) is 11.7 Å². The number of carbonyl (C=O) groups excluding carboxylic acids is 1. The zero-order chi connectivity index (χ0) is 12.3. The average molecular weight is 250 g/mol. The maximum Gasteiger partial charge on any atom is 0.136 e. The van der Waals surface area contributed by atoms with Gasteiger partial charge in [-0.25, -0.2) is 0 Å². The Morgan fingerprint density at radius 2 is 2.22 bits per heavy atom. The largest absolute Gasteiger partial charge is 0.378 e. The van der Waals surface area contributed by atoms with Crippen molar-refractivity contribution >= 4 is 5.78 Å². The molecule has 3 saturated carbocycles. The lowest BCUT2D eigenvalue weighted by molar-refractivity contribution is -0.126. The van der Waals surface area contributed by atoms with E-state index in [4.69, 9.17) is 9.47 Å². The number of fused-ring (bicyclic) bond motifs is 2. The number of epoxide rings is 1. The zero-order valence-electron chi connectivity index (χ0n) is 11.1. The molecule has 0 N–H and O–H groups in total. The zero-order valence-corrected chi connectivity index (χ0v) is 11.1. The van der Waals surface area contributed by atoms with Gasteiger partial charge in [0.25, 0.3) is 0 Å². The Morgan fingerprint density at radius 1 is 1.33 bits per heavy atom. The fourth-order valence-corrected chi connectivity index (χ4v) is 5.01. The molecule has 6 atom stereocenters. The second-order valence-electron chi connectivity index (χ2n) is 6.78. The first-order valence-electron chi connectivity index (χ1n) is 7.47. The number of hydrogen-bond donors (Lipinski definition) is 0. The minimum Gasteiger partial charge on any atom is -0.378 e. The van der Waals surface area contributed by atoms with E-state index >= 15 is 0 Å². The average Bonchev–Trinajstić information content (AvgIpc) is 2.75. The van der Waals surface area contributed by atoms with Crippen LogP contribution in [0.4, 0.5) is 0 Å². The lowest BCUT2D eigenvalue weighted by Gasteiger charge is -2.26. The summed E-state index contributed by atoms with van der Waals surface area (Å²) in [6, 6.07) is 0. The highest BCUT2D eigenvalue weighted by Crippen LogP contribution is 2.58. The Hall–Kier alpha value is -0.410. The molecule has 0 unspecified atom stereocenters. The van der Waals surface area contributed by atoms with Gasteiger partial charge in [-0.05, 0) is 43.9 Å². The molecule has 1 spiro atoms. The van der Waals surface area contributed by atoms with Crippen molar-refractivity contribution < 1.29 is 14.3 Å². The molecule has 4 aliphatic rings. The van der Waals surface area contributed by atoms with Gasteiger partial charge in [-0.15, -0.1) is 0 Å². The second kappa shape index (κ2) is 3.80. The quantitative estimate of drug-likeness (QED) is 0.670. The molecular formula is C15H22O3. The fourth-order valence-electron chi connectivity index (χ4n) is 5.01. The van der Waals surface area contributed by atoms with E-state index in [1.54, 1.807) is 7.11 Å². The van der Waals surface area contributed by atoms with Crippen molar-refractivity contribution in [2.45, 2.75) is 62.8 Å². The van der Waals surface area contributed by atoms with Crippen molar-refractivity contribution in [3.8, 4) is 0 Å². The molecule has 4 fully saturated rings. The van der Waals surface area contributed by atoms with Gasteiger partial charge in [0.2, 0.25) is 0 Å². The van der Waals surface area contributed by atoms with Crippen molar-refractivity contribution in [2.24, 2.45) is 17.8 Å². The monoisotopic (exact) mass is 250 g/mol. The number of ketones is 1. The van der Waals surface area contributed by atoms with Gasteiger partial charge in [0.1, 0.15) is 11.9 Å². The Morgan fingerprint density at radius 3 is 3.06 bits per heavy atom. The summed E-state index contributed by atoms with van der Waals surface area (Å²) in [6.07, 6.45) is 8.08.